The molecule has 0 N–H and O–H groups in total. The zero-order valence-electron chi connectivity index (χ0n) is 17.3. The molecule has 0 saturated heterocycles. The van der Waals surface area contributed by atoms with Gasteiger partial charge in [-0.3, -0.25) is 0 Å². The molecule has 0 saturated carbocycles. The minimum absolute atomic E-state index is 0.787. The first-order valence-corrected chi connectivity index (χ1v) is 10.3. The predicted molar refractivity (Wildman–Crippen MR) is 126 cm³/mol. The molecule has 0 unspecified atom stereocenters. The third kappa shape index (κ3) is 5.03. The highest BCUT2D eigenvalue weighted by molar-refractivity contribution is 6.00. The summed E-state index contributed by atoms with van der Waals surface area (Å²) in [4.78, 5) is 7.53. The van der Waals surface area contributed by atoms with E-state index >= 15 is 0 Å². The quantitative estimate of drug-likeness (QED) is 0.262. The Morgan fingerprint density at radius 2 is 1.07 bits per heavy atom. The second-order valence-corrected chi connectivity index (χ2v) is 7.42. The van der Waals surface area contributed by atoms with Crippen molar-refractivity contribution in [3.63, 3.8) is 0 Å². The molecule has 0 spiro atoms. The molecule has 4 aromatic rings. The summed E-state index contributed by atoms with van der Waals surface area (Å²) in [6.07, 6.45) is 0. The molecule has 0 amide bonds. The zero-order valence-corrected chi connectivity index (χ0v) is 17.3. The standard InChI is InChI=1S/C28H26N2/c1-23-13-11-12-20-27(23)29-28(26-18-9-4-10-19-26)30(21-24-14-5-2-6-15-24)22-25-16-7-3-8-17-25/h2-20H,21-22H2,1H3. The first-order chi connectivity index (χ1) is 14.8. The summed E-state index contributed by atoms with van der Waals surface area (Å²) < 4.78 is 0. The van der Waals surface area contributed by atoms with Gasteiger partial charge in [-0.25, -0.2) is 4.99 Å². The number of aryl methyl sites for hydroxylation is 1. The normalized spacial score (nSPS) is 11.3. The maximum Gasteiger partial charge on any atom is 0.137 e. The first-order valence-electron chi connectivity index (χ1n) is 10.3. The van der Waals surface area contributed by atoms with Crippen LogP contribution in [-0.4, -0.2) is 10.7 Å². The second kappa shape index (κ2) is 9.71. The molecule has 2 heteroatoms. The Hall–Kier alpha value is -3.65. The topological polar surface area (TPSA) is 15.6 Å². The molecule has 0 aromatic heterocycles. The minimum atomic E-state index is 0.787. The Morgan fingerprint density at radius 3 is 1.60 bits per heavy atom. The third-order valence-corrected chi connectivity index (χ3v) is 5.11. The molecule has 0 aliphatic rings. The maximum absolute atomic E-state index is 5.16. The lowest BCUT2D eigenvalue weighted by atomic mass is 10.1. The largest absolute Gasteiger partial charge is 0.347 e. The summed E-state index contributed by atoms with van der Waals surface area (Å²) in [5.74, 6) is 0.984. The highest BCUT2D eigenvalue weighted by Gasteiger charge is 2.16. The van der Waals surface area contributed by atoms with Crippen molar-refractivity contribution in [1.82, 2.24) is 4.90 Å². The van der Waals surface area contributed by atoms with Crippen LogP contribution in [-0.2, 0) is 13.1 Å². The van der Waals surface area contributed by atoms with Gasteiger partial charge in [0.1, 0.15) is 5.84 Å². The Labute approximate surface area is 179 Å². The molecule has 0 atom stereocenters. The van der Waals surface area contributed by atoms with Crippen LogP contribution in [0.15, 0.2) is 120 Å². The smallest absolute Gasteiger partial charge is 0.137 e. The van der Waals surface area contributed by atoms with Crippen molar-refractivity contribution < 1.29 is 0 Å². The van der Waals surface area contributed by atoms with Gasteiger partial charge in [0.15, 0.2) is 0 Å². The summed E-state index contributed by atoms with van der Waals surface area (Å²) in [7, 11) is 0. The summed E-state index contributed by atoms with van der Waals surface area (Å²) in [5, 5.41) is 0. The van der Waals surface area contributed by atoms with Crippen molar-refractivity contribution in [2.75, 3.05) is 0 Å². The van der Waals surface area contributed by atoms with Crippen LogP contribution in [0.4, 0.5) is 5.69 Å². The van der Waals surface area contributed by atoms with Crippen molar-refractivity contribution in [1.29, 1.82) is 0 Å². The van der Waals surface area contributed by atoms with Crippen LogP contribution in [0.5, 0.6) is 0 Å². The number of para-hydroxylation sites is 1. The van der Waals surface area contributed by atoms with Crippen molar-refractivity contribution in [2.24, 2.45) is 4.99 Å². The first kappa shape index (κ1) is 19.7. The fourth-order valence-electron chi connectivity index (χ4n) is 3.52. The van der Waals surface area contributed by atoms with Gasteiger partial charge in [0.25, 0.3) is 0 Å². The summed E-state index contributed by atoms with van der Waals surface area (Å²) in [5.41, 5.74) is 5.82. The van der Waals surface area contributed by atoms with Crippen LogP contribution in [0.2, 0.25) is 0 Å². The molecular weight excluding hydrogens is 364 g/mol. The van der Waals surface area contributed by atoms with Crippen molar-refractivity contribution in [2.45, 2.75) is 20.0 Å². The highest BCUT2D eigenvalue weighted by Crippen LogP contribution is 2.22. The van der Waals surface area contributed by atoms with E-state index in [9.17, 15) is 0 Å². The molecular formula is C28H26N2. The van der Waals surface area contributed by atoms with E-state index in [1.165, 1.54) is 16.7 Å². The Morgan fingerprint density at radius 1 is 0.600 bits per heavy atom. The summed E-state index contributed by atoms with van der Waals surface area (Å²) in [6, 6.07) is 40.0. The molecule has 4 aromatic carbocycles. The van der Waals surface area contributed by atoms with E-state index < -0.39 is 0 Å². The fraction of sp³-hybridized carbons (Fsp3) is 0.107. The molecule has 0 aliphatic heterocycles. The van der Waals surface area contributed by atoms with Crippen LogP contribution in [0, 0.1) is 6.92 Å². The van der Waals surface area contributed by atoms with E-state index in [1.54, 1.807) is 0 Å². The average molecular weight is 391 g/mol. The lowest BCUT2D eigenvalue weighted by Crippen LogP contribution is -2.31. The fourth-order valence-corrected chi connectivity index (χ4v) is 3.52. The number of benzene rings is 4. The minimum Gasteiger partial charge on any atom is -0.347 e. The van der Waals surface area contributed by atoms with Crippen molar-refractivity contribution in [3.05, 3.63) is 138 Å². The van der Waals surface area contributed by atoms with Gasteiger partial charge >= 0.3 is 0 Å². The number of hydrogen-bond donors (Lipinski definition) is 0. The Balaban J connectivity index is 1.80. The van der Waals surface area contributed by atoms with E-state index in [4.69, 9.17) is 4.99 Å². The van der Waals surface area contributed by atoms with Gasteiger partial charge in [-0.1, -0.05) is 109 Å². The van der Waals surface area contributed by atoms with E-state index in [2.05, 4.69) is 115 Å². The van der Waals surface area contributed by atoms with Crippen LogP contribution in [0.25, 0.3) is 0 Å². The number of rotatable bonds is 6. The summed E-state index contributed by atoms with van der Waals surface area (Å²) in [6.45, 7) is 3.69. The maximum atomic E-state index is 5.16. The Kier molecular flexibility index (Phi) is 6.36. The molecule has 148 valence electrons. The molecule has 30 heavy (non-hydrogen) atoms. The van der Waals surface area contributed by atoms with E-state index in [-0.39, 0.29) is 0 Å². The lowest BCUT2D eigenvalue weighted by Gasteiger charge is -2.27. The number of nitrogens with zero attached hydrogens (tertiary/aromatic N) is 2. The van der Waals surface area contributed by atoms with E-state index in [0.29, 0.717) is 0 Å². The zero-order chi connectivity index (χ0) is 20.6. The predicted octanol–water partition coefficient (Wildman–Crippen LogP) is 6.78. The van der Waals surface area contributed by atoms with Crippen LogP contribution >= 0.6 is 0 Å². The lowest BCUT2D eigenvalue weighted by molar-refractivity contribution is 0.407. The molecule has 2 nitrogen and oxygen atoms in total. The molecule has 4 rings (SSSR count). The highest BCUT2D eigenvalue weighted by atomic mass is 15.2. The third-order valence-electron chi connectivity index (χ3n) is 5.11. The van der Waals surface area contributed by atoms with Gasteiger partial charge in [-0.05, 0) is 29.7 Å². The average Bonchev–Trinajstić information content (AvgIpc) is 2.80. The molecule has 0 heterocycles. The van der Waals surface area contributed by atoms with Gasteiger partial charge in [0.05, 0.1) is 5.69 Å². The second-order valence-electron chi connectivity index (χ2n) is 7.42. The van der Waals surface area contributed by atoms with Gasteiger partial charge in [0, 0.05) is 18.7 Å². The number of amidine groups is 1. The SMILES string of the molecule is Cc1ccccc1N=C(c1ccccc1)N(Cc1ccccc1)Cc1ccccc1. The molecule has 0 bridgehead atoms. The molecule has 0 fully saturated rings. The van der Waals surface area contributed by atoms with Crippen LogP contribution in [0.3, 0.4) is 0 Å². The Bertz CT molecular complexity index is 1050. The monoisotopic (exact) mass is 390 g/mol. The number of aliphatic imine (C=N–C) groups is 1. The van der Waals surface area contributed by atoms with Crippen LogP contribution in [0.1, 0.15) is 22.3 Å². The van der Waals surface area contributed by atoms with Crippen molar-refractivity contribution >= 4 is 11.5 Å². The van der Waals surface area contributed by atoms with Crippen molar-refractivity contribution in [3.8, 4) is 0 Å². The van der Waals surface area contributed by atoms with E-state index in [0.717, 1.165) is 30.2 Å². The van der Waals surface area contributed by atoms with Gasteiger partial charge < -0.3 is 4.90 Å². The van der Waals surface area contributed by atoms with Crippen LogP contribution < -0.4 is 0 Å². The van der Waals surface area contributed by atoms with E-state index in [1.807, 2.05) is 12.1 Å². The van der Waals surface area contributed by atoms with Gasteiger partial charge in [-0.15, -0.1) is 0 Å². The molecule has 0 radical (unpaired) electrons. The van der Waals surface area contributed by atoms with Gasteiger partial charge in [-0.2, -0.15) is 0 Å². The molecule has 0 aliphatic carbocycles. The number of hydrogen-bond acceptors (Lipinski definition) is 1. The van der Waals surface area contributed by atoms with Gasteiger partial charge in [0.2, 0.25) is 0 Å². The summed E-state index contributed by atoms with van der Waals surface area (Å²) >= 11 is 0.